The smallest absolute Gasteiger partial charge is 0.321 e. The number of fused-ring (bicyclic) bond motifs is 1. The van der Waals surface area contributed by atoms with Crippen molar-refractivity contribution in [3.63, 3.8) is 0 Å². The second kappa shape index (κ2) is 9.90. The number of benzene rings is 2. The Morgan fingerprint density at radius 1 is 0.857 bits per heavy atom. The van der Waals surface area contributed by atoms with Gasteiger partial charge < -0.3 is 15.5 Å². The molecule has 2 aromatic carbocycles. The van der Waals surface area contributed by atoms with Crippen LogP contribution in [0.4, 0.5) is 10.5 Å². The Morgan fingerprint density at radius 3 is 2.37 bits per heavy atom. The fraction of sp³-hybridized carbons (Fsp3) is 0.407. The van der Waals surface area contributed by atoms with Crippen molar-refractivity contribution in [2.75, 3.05) is 18.4 Å². The molecule has 5 amide bonds. The van der Waals surface area contributed by atoms with Gasteiger partial charge in [0, 0.05) is 36.9 Å². The van der Waals surface area contributed by atoms with Gasteiger partial charge in [0.15, 0.2) is 0 Å². The minimum atomic E-state index is -0.323. The molecule has 35 heavy (non-hydrogen) atoms. The first-order valence-corrected chi connectivity index (χ1v) is 12.5. The molecule has 1 saturated carbocycles. The average molecular weight is 475 g/mol. The van der Waals surface area contributed by atoms with E-state index in [4.69, 9.17) is 0 Å². The summed E-state index contributed by atoms with van der Waals surface area (Å²) in [5.74, 6) is -0.875. The first-order valence-electron chi connectivity index (χ1n) is 12.5. The number of carbonyl (C=O) groups is 4. The second-order valence-electron chi connectivity index (χ2n) is 9.54. The van der Waals surface area contributed by atoms with Gasteiger partial charge in [0.05, 0.1) is 11.1 Å². The molecule has 2 aliphatic heterocycles. The zero-order valence-corrected chi connectivity index (χ0v) is 19.7. The monoisotopic (exact) mass is 474 g/mol. The SMILES string of the molecule is O=C(NCc1cccc(NC(=O)N2CCCC2)c1)c1ccc2c(c1)C(=O)N(C1CCCCC1)C2=O. The van der Waals surface area contributed by atoms with Crippen LogP contribution in [0.5, 0.6) is 0 Å². The molecule has 3 aliphatic rings. The lowest BCUT2D eigenvalue weighted by Crippen LogP contribution is -2.40. The molecule has 2 N–H and O–H groups in total. The molecular formula is C27H30N4O4. The van der Waals surface area contributed by atoms with Gasteiger partial charge in [0.1, 0.15) is 0 Å². The largest absolute Gasteiger partial charge is 0.348 e. The molecule has 2 heterocycles. The zero-order valence-electron chi connectivity index (χ0n) is 19.7. The summed E-state index contributed by atoms with van der Waals surface area (Å²) in [4.78, 5) is 54.2. The number of likely N-dealkylation sites (tertiary alicyclic amines) is 1. The maximum absolute atomic E-state index is 13.0. The normalized spacial score (nSPS) is 18.1. The predicted octanol–water partition coefficient (Wildman–Crippen LogP) is 4.17. The second-order valence-corrected chi connectivity index (χ2v) is 9.54. The third-order valence-electron chi connectivity index (χ3n) is 7.14. The van der Waals surface area contributed by atoms with Crippen molar-refractivity contribution in [1.29, 1.82) is 0 Å². The number of amides is 5. The Balaban J connectivity index is 1.22. The van der Waals surface area contributed by atoms with Crippen molar-refractivity contribution in [3.05, 3.63) is 64.7 Å². The van der Waals surface area contributed by atoms with Crippen LogP contribution in [0.2, 0.25) is 0 Å². The van der Waals surface area contributed by atoms with E-state index in [2.05, 4.69) is 10.6 Å². The molecule has 0 spiro atoms. The van der Waals surface area contributed by atoms with Crippen LogP contribution in [-0.4, -0.2) is 52.7 Å². The topological polar surface area (TPSA) is 98.8 Å². The van der Waals surface area contributed by atoms with Gasteiger partial charge >= 0.3 is 6.03 Å². The minimum absolute atomic E-state index is 0.0494. The molecule has 1 saturated heterocycles. The summed E-state index contributed by atoms with van der Waals surface area (Å²) in [6.45, 7) is 1.81. The number of hydrogen-bond acceptors (Lipinski definition) is 4. The Labute approximate surface area is 204 Å². The highest BCUT2D eigenvalue weighted by molar-refractivity contribution is 6.22. The lowest BCUT2D eigenvalue weighted by Gasteiger charge is -2.29. The van der Waals surface area contributed by atoms with E-state index in [9.17, 15) is 19.2 Å². The summed E-state index contributed by atoms with van der Waals surface area (Å²) in [6.07, 6.45) is 6.93. The Bertz CT molecular complexity index is 1170. The molecule has 8 heteroatoms. The molecule has 2 aromatic rings. The molecule has 0 unspecified atom stereocenters. The van der Waals surface area contributed by atoms with Gasteiger partial charge in [-0.1, -0.05) is 31.4 Å². The Kier molecular flexibility index (Phi) is 6.53. The summed E-state index contributed by atoms with van der Waals surface area (Å²) >= 11 is 0. The van der Waals surface area contributed by atoms with E-state index in [-0.39, 0.29) is 36.3 Å². The molecule has 1 aliphatic carbocycles. The van der Waals surface area contributed by atoms with E-state index in [1.165, 1.54) is 11.0 Å². The summed E-state index contributed by atoms with van der Waals surface area (Å²) in [7, 11) is 0. The van der Waals surface area contributed by atoms with Gasteiger partial charge in [-0.05, 0) is 61.6 Å². The number of nitrogens with zero attached hydrogens (tertiary/aromatic N) is 2. The minimum Gasteiger partial charge on any atom is -0.348 e. The number of rotatable bonds is 5. The molecule has 5 rings (SSSR count). The van der Waals surface area contributed by atoms with E-state index in [0.29, 0.717) is 22.4 Å². The van der Waals surface area contributed by atoms with Gasteiger partial charge in [0.25, 0.3) is 17.7 Å². The summed E-state index contributed by atoms with van der Waals surface area (Å²) in [5.41, 5.74) is 2.54. The van der Waals surface area contributed by atoms with Crippen LogP contribution < -0.4 is 10.6 Å². The van der Waals surface area contributed by atoms with Crippen molar-refractivity contribution in [2.45, 2.75) is 57.5 Å². The van der Waals surface area contributed by atoms with Crippen LogP contribution in [0, 0.1) is 0 Å². The van der Waals surface area contributed by atoms with E-state index in [0.717, 1.165) is 63.6 Å². The molecule has 0 atom stereocenters. The van der Waals surface area contributed by atoms with Crippen molar-refractivity contribution < 1.29 is 19.2 Å². The van der Waals surface area contributed by atoms with Gasteiger partial charge in [-0.2, -0.15) is 0 Å². The number of imide groups is 1. The fourth-order valence-corrected chi connectivity index (χ4v) is 5.24. The van der Waals surface area contributed by atoms with E-state index < -0.39 is 0 Å². The maximum Gasteiger partial charge on any atom is 0.321 e. The third-order valence-corrected chi connectivity index (χ3v) is 7.14. The van der Waals surface area contributed by atoms with Gasteiger partial charge in [-0.25, -0.2) is 4.79 Å². The summed E-state index contributed by atoms with van der Waals surface area (Å²) in [5, 5.41) is 5.78. The maximum atomic E-state index is 13.0. The highest BCUT2D eigenvalue weighted by Gasteiger charge is 2.40. The molecule has 0 bridgehead atoms. The van der Waals surface area contributed by atoms with Crippen LogP contribution >= 0.6 is 0 Å². The summed E-state index contributed by atoms with van der Waals surface area (Å²) in [6, 6.07) is 11.9. The lowest BCUT2D eigenvalue weighted by molar-refractivity contribution is 0.0548. The molecule has 0 radical (unpaired) electrons. The number of nitrogens with one attached hydrogen (secondary N) is 2. The Morgan fingerprint density at radius 2 is 1.60 bits per heavy atom. The molecule has 8 nitrogen and oxygen atoms in total. The van der Waals surface area contributed by atoms with Gasteiger partial charge in [-0.3, -0.25) is 19.3 Å². The van der Waals surface area contributed by atoms with E-state index in [1.54, 1.807) is 17.0 Å². The highest BCUT2D eigenvalue weighted by atomic mass is 16.2. The zero-order chi connectivity index (χ0) is 24.4. The van der Waals surface area contributed by atoms with Crippen LogP contribution in [0.1, 0.15) is 81.6 Å². The van der Waals surface area contributed by atoms with Crippen LogP contribution in [0.15, 0.2) is 42.5 Å². The van der Waals surface area contributed by atoms with Crippen molar-refractivity contribution >= 4 is 29.4 Å². The first-order chi connectivity index (χ1) is 17.0. The highest BCUT2D eigenvalue weighted by Crippen LogP contribution is 2.31. The van der Waals surface area contributed by atoms with Crippen molar-refractivity contribution in [3.8, 4) is 0 Å². The number of hydrogen-bond donors (Lipinski definition) is 2. The predicted molar refractivity (Wildman–Crippen MR) is 131 cm³/mol. The molecule has 2 fully saturated rings. The molecule has 0 aromatic heterocycles. The standard InChI is InChI=1S/C27H30N4O4/c32-24(28-17-18-7-6-8-20(15-18)29-27(35)30-13-4-5-14-30)19-11-12-22-23(16-19)26(34)31(25(22)33)21-9-2-1-3-10-21/h6-8,11-12,15-16,21H,1-5,9-10,13-14,17H2,(H,28,32)(H,29,35). The molecular weight excluding hydrogens is 444 g/mol. The number of carbonyl (C=O) groups excluding carboxylic acids is 4. The van der Waals surface area contributed by atoms with Gasteiger partial charge in [-0.15, -0.1) is 0 Å². The quantitative estimate of drug-likeness (QED) is 0.636. The number of urea groups is 1. The van der Waals surface area contributed by atoms with E-state index >= 15 is 0 Å². The van der Waals surface area contributed by atoms with Crippen LogP contribution in [-0.2, 0) is 6.54 Å². The van der Waals surface area contributed by atoms with Crippen LogP contribution in [0.25, 0.3) is 0 Å². The third kappa shape index (κ3) is 4.78. The van der Waals surface area contributed by atoms with Crippen molar-refractivity contribution in [1.82, 2.24) is 15.1 Å². The Hall–Kier alpha value is -3.68. The first kappa shape index (κ1) is 23.1. The number of anilines is 1. The average Bonchev–Trinajstić information content (AvgIpc) is 3.50. The van der Waals surface area contributed by atoms with Gasteiger partial charge in [0.2, 0.25) is 0 Å². The van der Waals surface area contributed by atoms with Crippen molar-refractivity contribution in [2.24, 2.45) is 0 Å². The fourth-order valence-electron chi connectivity index (χ4n) is 5.24. The lowest BCUT2D eigenvalue weighted by atomic mass is 9.94. The molecule has 182 valence electrons. The van der Waals surface area contributed by atoms with E-state index in [1.807, 2.05) is 24.3 Å². The van der Waals surface area contributed by atoms with Crippen LogP contribution in [0.3, 0.4) is 0 Å². The summed E-state index contributed by atoms with van der Waals surface area (Å²) < 4.78 is 0.